The van der Waals surface area contributed by atoms with Gasteiger partial charge in [0.1, 0.15) is 24.0 Å². The van der Waals surface area contributed by atoms with Crippen LogP contribution in [-0.4, -0.2) is 44.3 Å². The third-order valence-corrected chi connectivity index (χ3v) is 3.65. The predicted octanol–water partition coefficient (Wildman–Crippen LogP) is -0.254. The molecule has 0 unspecified atom stereocenters. The van der Waals surface area contributed by atoms with E-state index in [-0.39, 0.29) is 17.9 Å². The highest BCUT2D eigenvalue weighted by Crippen LogP contribution is 2.33. The fourth-order valence-electron chi connectivity index (χ4n) is 2.61. The lowest BCUT2D eigenvalue weighted by atomic mass is 10.2. The van der Waals surface area contributed by atoms with E-state index in [1.165, 1.54) is 12.5 Å². The molecule has 3 atom stereocenters. The summed E-state index contributed by atoms with van der Waals surface area (Å²) in [5, 5.41) is 10.3. The van der Waals surface area contributed by atoms with Crippen molar-refractivity contribution in [3.8, 4) is 0 Å². The fourth-order valence-corrected chi connectivity index (χ4v) is 2.61. The molecule has 1 aliphatic rings. The molecule has 3 rings (SSSR count). The average Bonchev–Trinajstić information content (AvgIpc) is 3.10. The second-order valence-electron chi connectivity index (χ2n) is 4.94. The lowest BCUT2D eigenvalue weighted by molar-refractivity contribution is -0.0113. The number of anilines is 1. The van der Waals surface area contributed by atoms with Crippen LogP contribution in [0.1, 0.15) is 36.9 Å². The minimum absolute atomic E-state index is 0.168. The Bertz CT molecular complexity index is 701. The summed E-state index contributed by atoms with van der Waals surface area (Å²) in [6, 6.07) is 0. The van der Waals surface area contributed by atoms with Crippen molar-refractivity contribution < 1.29 is 14.6 Å². The van der Waals surface area contributed by atoms with Gasteiger partial charge in [-0.1, -0.05) is 13.8 Å². The fraction of sp³-hybridized carbons (Fsp3) is 0.500. The maximum atomic E-state index is 11.6. The Kier molecular flexibility index (Phi) is 5.14. The number of ether oxygens (including phenoxy) is 1. The van der Waals surface area contributed by atoms with Crippen LogP contribution in [0.5, 0.6) is 0 Å². The molecule has 0 aliphatic carbocycles. The standard InChI is InChI=1S/C12H16N6O3.C2H6/c13-2-7-6(19)1-8(21-7)18-3-5(11(15)20)9-10(14)16-4-17-12(9)18;1-2/h3-4,6-8,19H,1-2,13H2,(H2,15,20)(H2,14,16,17);1-2H3/t6-,7+,8+;/m0./s1. The third kappa shape index (κ3) is 2.98. The number of hydrogen-bond acceptors (Lipinski definition) is 7. The van der Waals surface area contributed by atoms with E-state index in [0.717, 1.165) is 0 Å². The van der Waals surface area contributed by atoms with Crippen LogP contribution in [-0.2, 0) is 4.74 Å². The summed E-state index contributed by atoms with van der Waals surface area (Å²) in [6.07, 6.45) is 1.54. The Hall–Kier alpha value is -2.23. The summed E-state index contributed by atoms with van der Waals surface area (Å²) >= 11 is 0. The zero-order chi connectivity index (χ0) is 17.1. The molecule has 0 spiro atoms. The number of aliphatic hydroxyl groups excluding tert-OH is 1. The van der Waals surface area contributed by atoms with Gasteiger partial charge in [0.05, 0.1) is 23.2 Å². The second kappa shape index (κ2) is 6.90. The number of nitrogens with zero attached hydrogens (tertiary/aromatic N) is 3. The van der Waals surface area contributed by atoms with Crippen molar-refractivity contribution in [3.05, 3.63) is 18.1 Å². The molecule has 126 valence electrons. The van der Waals surface area contributed by atoms with Crippen molar-refractivity contribution in [3.63, 3.8) is 0 Å². The monoisotopic (exact) mass is 322 g/mol. The summed E-state index contributed by atoms with van der Waals surface area (Å²) in [4.78, 5) is 19.6. The topological polar surface area (TPSA) is 155 Å². The van der Waals surface area contributed by atoms with Crippen LogP contribution < -0.4 is 17.2 Å². The largest absolute Gasteiger partial charge is 0.390 e. The van der Waals surface area contributed by atoms with E-state index >= 15 is 0 Å². The van der Waals surface area contributed by atoms with Gasteiger partial charge in [0.25, 0.3) is 5.91 Å². The van der Waals surface area contributed by atoms with Gasteiger partial charge >= 0.3 is 0 Å². The first kappa shape index (κ1) is 17.1. The third-order valence-electron chi connectivity index (χ3n) is 3.65. The van der Waals surface area contributed by atoms with E-state index in [1.807, 2.05) is 13.8 Å². The van der Waals surface area contributed by atoms with Gasteiger partial charge in [-0.2, -0.15) is 0 Å². The first-order valence-corrected chi connectivity index (χ1v) is 7.47. The molecule has 0 bridgehead atoms. The Labute approximate surface area is 133 Å². The maximum Gasteiger partial charge on any atom is 0.251 e. The zero-order valence-corrected chi connectivity index (χ0v) is 13.1. The van der Waals surface area contributed by atoms with Crippen LogP contribution in [0.4, 0.5) is 5.82 Å². The van der Waals surface area contributed by atoms with Crippen molar-refractivity contribution in [2.75, 3.05) is 12.3 Å². The molecule has 0 saturated carbocycles. The minimum Gasteiger partial charge on any atom is -0.390 e. The molecule has 1 saturated heterocycles. The maximum absolute atomic E-state index is 11.6. The van der Waals surface area contributed by atoms with Crippen molar-refractivity contribution in [2.24, 2.45) is 11.5 Å². The summed E-state index contributed by atoms with van der Waals surface area (Å²) in [5.74, 6) is -0.462. The quantitative estimate of drug-likeness (QED) is 0.607. The van der Waals surface area contributed by atoms with E-state index in [4.69, 9.17) is 21.9 Å². The Morgan fingerprint density at radius 2 is 2.17 bits per heavy atom. The molecule has 7 N–H and O–H groups in total. The van der Waals surface area contributed by atoms with Gasteiger partial charge in [-0.05, 0) is 0 Å². The summed E-state index contributed by atoms with van der Waals surface area (Å²) in [7, 11) is 0. The molecular formula is C14H22N6O3. The van der Waals surface area contributed by atoms with E-state index in [0.29, 0.717) is 17.5 Å². The second-order valence-corrected chi connectivity index (χ2v) is 4.94. The number of aliphatic hydroxyl groups is 1. The number of fused-ring (bicyclic) bond motifs is 1. The molecule has 9 nitrogen and oxygen atoms in total. The molecular weight excluding hydrogens is 300 g/mol. The normalized spacial score (nSPS) is 23.6. The number of carbonyl (C=O) groups is 1. The van der Waals surface area contributed by atoms with Crippen molar-refractivity contribution >= 4 is 22.8 Å². The van der Waals surface area contributed by atoms with Crippen LogP contribution in [0.3, 0.4) is 0 Å². The SMILES string of the molecule is CC.NC[C@H]1O[C@@H](n2cc(C(N)=O)c3c(N)ncnc32)C[C@@H]1O. The number of amides is 1. The van der Waals surface area contributed by atoms with Gasteiger partial charge in [-0.15, -0.1) is 0 Å². The van der Waals surface area contributed by atoms with Crippen LogP contribution in [0.15, 0.2) is 12.5 Å². The van der Waals surface area contributed by atoms with Crippen LogP contribution in [0.25, 0.3) is 11.0 Å². The molecule has 1 amide bonds. The Morgan fingerprint density at radius 3 is 2.74 bits per heavy atom. The molecule has 3 heterocycles. The highest BCUT2D eigenvalue weighted by molar-refractivity contribution is 6.08. The molecule has 0 aromatic carbocycles. The molecule has 23 heavy (non-hydrogen) atoms. The minimum atomic E-state index is -0.673. The molecule has 2 aromatic heterocycles. The van der Waals surface area contributed by atoms with E-state index in [9.17, 15) is 9.90 Å². The van der Waals surface area contributed by atoms with Crippen LogP contribution in [0.2, 0.25) is 0 Å². The number of primary amides is 1. The lowest BCUT2D eigenvalue weighted by Gasteiger charge is -2.14. The number of rotatable bonds is 3. The van der Waals surface area contributed by atoms with Gasteiger partial charge in [0.2, 0.25) is 0 Å². The molecule has 1 fully saturated rings. The van der Waals surface area contributed by atoms with E-state index < -0.39 is 24.3 Å². The highest BCUT2D eigenvalue weighted by atomic mass is 16.5. The smallest absolute Gasteiger partial charge is 0.251 e. The summed E-state index contributed by atoms with van der Waals surface area (Å²) in [6.45, 7) is 4.21. The number of hydrogen-bond donors (Lipinski definition) is 4. The Balaban J connectivity index is 0.000000924. The first-order valence-electron chi connectivity index (χ1n) is 7.47. The van der Waals surface area contributed by atoms with Gasteiger partial charge < -0.3 is 31.6 Å². The van der Waals surface area contributed by atoms with Gasteiger partial charge in [0.15, 0.2) is 0 Å². The summed E-state index contributed by atoms with van der Waals surface area (Å²) < 4.78 is 7.32. The number of nitrogen functional groups attached to an aromatic ring is 1. The predicted molar refractivity (Wildman–Crippen MR) is 85.4 cm³/mol. The molecule has 9 heteroatoms. The number of nitrogens with two attached hydrogens (primary N) is 3. The highest BCUT2D eigenvalue weighted by Gasteiger charge is 2.35. The van der Waals surface area contributed by atoms with Crippen LogP contribution in [0, 0.1) is 0 Å². The molecule has 2 aromatic rings. The van der Waals surface area contributed by atoms with Crippen LogP contribution >= 0.6 is 0 Å². The molecule has 1 aliphatic heterocycles. The van der Waals surface area contributed by atoms with Crippen molar-refractivity contribution in [2.45, 2.75) is 38.7 Å². The van der Waals surface area contributed by atoms with Gasteiger partial charge in [0, 0.05) is 19.2 Å². The average molecular weight is 322 g/mol. The van der Waals surface area contributed by atoms with Crippen molar-refractivity contribution in [1.82, 2.24) is 14.5 Å². The zero-order valence-electron chi connectivity index (χ0n) is 13.1. The van der Waals surface area contributed by atoms with Crippen molar-refractivity contribution in [1.29, 1.82) is 0 Å². The Morgan fingerprint density at radius 1 is 1.48 bits per heavy atom. The van der Waals surface area contributed by atoms with E-state index in [2.05, 4.69) is 9.97 Å². The molecule has 0 radical (unpaired) electrons. The first-order chi connectivity index (χ1) is 11.0. The number of aromatic nitrogens is 3. The van der Waals surface area contributed by atoms with E-state index in [1.54, 1.807) is 4.57 Å². The number of carbonyl (C=O) groups excluding carboxylic acids is 1. The van der Waals surface area contributed by atoms with Gasteiger partial charge in [-0.3, -0.25) is 4.79 Å². The summed E-state index contributed by atoms with van der Waals surface area (Å²) in [5.41, 5.74) is 17.4. The lowest BCUT2D eigenvalue weighted by Crippen LogP contribution is -2.29. The van der Waals surface area contributed by atoms with Gasteiger partial charge in [-0.25, -0.2) is 9.97 Å².